The fourth-order valence-electron chi connectivity index (χ4n) is 3.55. The molecule has 0 saturated carbocycles. The quantitative estimate of drug-likeness (QED) is 0.317. The molecule has 2 N–H and O–H groups in total. The number of hydrogen-bond donors (Lipinski definition) is 2. The maximum atomic E-state index is 14.0. The molecule has 8 heteroatoms. The molecule has 1 aliphatic heterocycles. The molecule has 0 aromatic heterocycles. The SMILES string of the molecule is CN=C(NCc1cccc(CN2CCCC2=O)c1)NC(C)c1ccc(OC)c(F)c1.I. The fraction of sp³-hybridized carbons (Fsp3) is 0.391. The topological polar surface area (TPSA) is 66.0 Å². The number of nitrogens with one attached hydrogen (secondary N) is 2. The number of carbonyl (C=O) groups excluding carboxylic acids is 1. The molecule has 0 spiro atoms. The van der Waals surface area contributed by atoms with Crippen molar-refractivity contribution in [3.63, 3.8) is 0 Å². The first-order valence-electron chi connectivity index (χ1n) is 10.2. The van der Waals surface area contributed by atoms with Gasteiger partial charge in [-0.2, -0.15) is 0 Å². The van der Waals surface area contributed by atoms with Crippen LogP contribution in [0.4, 0.5) is 4.39 Å². The Morgan fingerprint density at radius 2 is 2.03 bits per heavy atom. The van der Waals surface area contributed by atoms with E-state index in [0.717, 1.165) is 29.7 Å². The molecule has 1 saturated heterocycles. The van der Waals surface area contributed by atoms with Gasteiger partial charge in [0, 0.05) is 33.1 Å². The number of ether oxygens (including phenoxy) is 1. The number of rotatable bonds is 7. The summed E-state index contributed by atoms with van der Waals surface area (Å²) >= 11 is 0. The number of nitrogens with zero attached hydrogens (tertiary/aromatic N) is 2. The summed E-state index contributed by atoms with van der Waals surface area (Å²) in [6, 6.07) is 13.0. The number of likely N-dealkylation sites (tertiary alicyclic amines) is 1. The average Bonchev–Trinajstić information content (AvgIpc) is 3.15. The van der Waals surface area contributed by atoms with Crippen LogP contribution in [0.25, 0.3) is 0 Å². The summed E-state index contributed by atoms with van der Waals surface area (Å²) in [6.07, 6.45) is 1.60. The van der Waals surface area contributed by atoms with Gasteiger partial charge in [0.1, 0.15) is 0 Å². The van der Waals surface area contributed by atoms with Gasteiger partial charge in [0.25, 0.3) is 0 Å². The number of hydrogen-bond acceptors (Lipinski definition) is 3. The number of aliphatic imine (C=N–C) groups is 1. The first-order valence-corrected chi connectivity index (χ1v) is 10.2. The van der Waals surface area contributed by atoms with Gasteiger partial charge in [0.05, 0.1) is 13.2 Å². The highest BCUT2D eigenvalue weighted by molar-refractivity contribution is 14.0. The van der Waals surface area contributed by atoms with Crippen LogP contribution in [0.5, 0.6) is 5.75 Å². The lowest BCUT2D eigenvalue weighted by molar-refractivity contribution is -0.128. The molecule has 168 valence electrons. The van der Waals surface area contributed by atoms with Gasteiger partial charge < -0.3 is 20.3 Å². The van der Waals surface area contributed by atoms with Gasteiger partial charge >= 0.3 is 0 Å². The Morgan fingerprint density at radius 1 is 1.26 bits per heavy atom. The summed E-state index contributed by atoms with van der Waals surface area (Å²) in [5, 5.41) is 6.57. The third-order valence-electron chi connectivity index (χ3n) is 5.25. The summed E-state index contributed by atoms with van der Waals surface area (Å²) in [6.45, 7) is 4.02. The van der Waals surface area contributed by atoms with Crippen molar-refractivity contribution in [3.8, 4) is 5.75 Å². The fourth-order valence-corrected chi connectivity index (χ4v) is 3.55. The lowest BCUT2D eigenvalue weighted by atomic mass is 10.1. The maximum absolute atomic E-state index is 14.0. The minimum atomic E-state index is -0.389. The van der Waals surface area contributed by atoms with E-state index in [-0.39, 0.29) is 47.5 Å². The van der Waals surface area contributed by atoms with Crippen molar-refractivity contribution in [3.05, 3.63) is 65.0 Å². The molecule has 1 fully saturated rings. The van der Waals surface area contributed by atoms with Gasteiger partial charge in [0.15, 0.2) is 17.5 Å². The Morgan fingerprint density at radius 3 is 2.68 bits per heavy atom. The van der Waals surface area contributed by atoms with E-state index in [9.17, 15) is 9.18 Å². The molecule has 1 unspecified atom stereocenters. The Labute approximate surface area is 200 Å². The Kier molecular flexibility index (Phi) is 9.54. The van der Waals surface area contributed by atoms with Crippen LogP contribution in [0, 0.1) is 5.82 Å². The minimum Gasteiger partial charge on any atom is -0.494 e. The first kappa shape index (κ1) is 24.9. The largest absolute Gasteiger partial charge is 0.494 e. The zero-order chi connectivity index (χ0) is 21.5. The standard InChI is InChI=1S/C23H29FN4O2.HI/c1-16(19-9-10-21(30-3)20(24)13-19)27-23(25-2)26-14-17-6-4-7-18(12-17)15-28-11-5-8-22(28)29;/h4,6-7,9-10,12-13,16H,5,8,11,14-15H2,1-3H3,(H2,25,26,27);1H. The van der Waals surface area contributed by atoms with E-state index in [2.05, 4.69) is 21.7 Å². The van der Waals surface area contributed by atoms with Crippen LogP contribution < -0.4 is 15.4 Å². The monoisotopic (exact) mass is 540 g/mol. The molecule has 0 aliphatic carbocycles. The highest BCUT2D eigenvalue weighted by Gasteiger charge is 2.20. The number of guanidine groups is 1. The molecule has 1 amide bonds. The first-order chi connectivity index (χ1) is 14.5. The highest BCUT2D eigenvalue weighted by Crippen LogP contribution is 2.21. The van der Waals surface area contributed by atoms with Crippen molar-refractivity contribution in [2.45, 2.75) is 38.9 Å². The van der Waals surface area contributed by atoms with Crippen LogP contribution in [0.3, 0.4) is 0 Å². The van der Waals surface area contributed by atoms with Crippen molar-refractivity contribution in [1.82, 2.24) is 15.5 Å². The van der Waals surface area contributed by atoms with Gasteiger partial charge in [0.2, 0.25) is 5.91 Å². The summed E-state index contributed by atoms with van der Waals surface area (Å²) in [5.74, 6) is 0.690. The summed E-state index contributed by atoms with van der Waals surface area (Å²) < 4.78 is 19.0. The molecule has 1 aliphatic rings. The second-order valence-corrected chi connectivity index (χ2v) is 7.42. The molecule has 1 atom stereocenters. The molecular formula is C23H30FIN4O2. The maximum Gasteiger partial charge on any atom is 0.222 e. The Hall–Kier alpha value is -2.36. The van der Waals surface area contributed by atoms with Gasteiger partial charge in [-0.3, -0.25) is 9.79 Å². The van der Waals surface area contributed by atoms with Crippen molar-refractivity contribution in [2.24, 2.45) is 4.99 Å². The van der Waals surface area contributed by atoms with E-state index < -0.39 is 0 Å². The lowest BCUT2D eigenvalue weighted by Crippen LogP contribution is -2.38. The van der Waals surface area contributed by atoms with Crippen molar-refractivity contribution in [1.29, 1.82) is 0 Å². The summed E-state index contributed by atoms with van der Waals surface area (Å²) in [5.41, 5.74) is 3.02. The van der Waals surface area contributed by atoms with Crippen molar-refractivity contribution in [2.75, 3.05) is 20.7 Å². The third kappa shape index (κ3) is 6.81. The average molecular weight is 540 g/mol. The summed E-state index contributed by atoms with van der Waals surface area (Å²) in [4.78, 5) is 18.0. The molecule has 2 aromatic carbocycles. The second-order valence-electron chi connectivity index (χ2n) is 7.42. The van der Waals surface area contributed by atoms with E-state index in [4.69, 9.17) is 4.74 Å². The molecule has 3 rings (SSSR count). The van der Waals surface area contributed by atoms with Gasteiger partial charge in [-0.15, -0.1) is 24.0 Å². The number of methoxy groups -OCH3 is 1. The zero-order valence-corrected chi connectivity index (χ0v) is 20.5. The van der Waals surface area contributed by atoms with Gasteiger partial charge in [-0.05, 0) is 42.2 Å². The van der Waals surface area contributed by atoms with Crippen LogP contribution in [-0.4, -0.2) is 37.5 Å². The molecule has 0 bridgehead atoms. The van der Waals surface area contributed by atoms with E-state index in [1.54, 1.807) is 13.1 Å². The lowest BCUT2D eigenvalue weighted by Gasteiger charge is -2.19. The van der Waals surface area contributed by atoms with Gasteiger partial charge in [-0.1, -0.05) is 30.3 Å². The van der Waals surface area contributed by atoms with E-state index >= 15 is 0 Å². The van der Waals surface area contributed by atoms with Crippen LogP contribution in [0.1, 0.15) is 42.5 Å². The Bertz CT molecular complexity index is 922. The molecule has 2 aromatic rings. The predicted molar refractivity (Wildman–Crippen MR) is 131 cm³/mol. The van der Waals surface area contributed by atoms with Crippen molar-refractivity contribution < 1.29 is 13.9 Å². The van der Waals surface area contributed by atoms with Crippen LogP contribution in [-0.2, 0) is 17.9 Å². The highest BCUT2D eigenvalue weighted by atomic mass is 127. The zero-order valence-electron chi connectivity index (χ0n) is 18.2. The van der Waals surface area contributed by atoms with Crippen LogP contribution in [0.2, 0.25) is 0 Å². The molecule has 31 heavy (non-hydrogen) atoms. The van der Waals surface area contributed by atoms with Crippen LogP contribution in [0.15, 0.2) is 47.5 Å². The normalized spacial score (nSPS) is 14.8. The Balaban J connectivity index is 0.00000341. The smallest absolute Gasteiger partial charge is 0.222 e. The number of amides is 1. The third-order valence-corrected chi connectivity index (χ3v) is 5.25. The van der Waals surface area contributed by atoms with E-state index in [0.29, 0.717) is 25.5 Å². The van der Waals surface area contributed by atoms with Crippen molar-refractivity contribution >= 4 is 35.8 Å². The summed E-state index contributed by atoms with van der Waals surface area (Å²) in [7, 11) is 3.15. The van der Waals surface area contributed by atoms with E-state index in [1.807, 2.05) is 36.1 Å². The molecular weight excluding hydrogens is 510 g/mol. The molecule has 1 heterocycles. The molecule has 6 nitrogen and oxygen atoms in total. The number of benzene rings is 2. The predicted octanol–water partition coefficient (Wildman–Crippen LogP) is 4.00. The van der Waals surface area contributed by atoms with E-state index in [1.165, 1.54) is 13.2 Å². The minimum absolute atomic E-state index is 0. The number of carbonyl (C=O) groups is 1. The second kappa shape index (κ2) is 11.9. The molecule has 0 radical (unpaired) electrons. The van der Waals surface area contributed by atoms with Crippen LogP contribution >= 0.6 is 24.0 Å². The van der Waals surface area contributed by atoms with Gasteiger partial charge in [-0.25, -0.2) is 4.39 Å². The number of halogens is 2.